The van der Waals surface area contributed by atoms with E-state index in [0.717, 1.165) is 18.5 Å². The molecule has 0 saturated carbocycles. The zero-order valence-electron chi connectivity index (χ0n) is 12.3. The molecule has 1 aromatic rings. The Morgan fingerprint density at radius 2 is 2.24 bits per heavy atom. The van der Waals surface area contributed by atoms with Crippen molar-refractivity contribution in [3.05, 3.63) is 35.0 Å². The summed E-state index contributed by atoms with van der Waals surface area (Å²) in [7, 11) is 2.09. The average molecular weight is 285 g/mol. The lowest BCUT2D eigenvalue weighted by molar-refractivity contribution is -0.123. The maximum atomic E-state index is 12.2. The quantitative estimate of drug-likeness (QED) is 0.851. The van der Waals surface area contributed by atoms with Crippen LogP contribution in [0.2, 0.25) is 0 Å². The van der Waals surface area contributed by atoms with Crippen molar-refractivity contribution in [3.63, 3.8) is 0 Å². The molecule has 0 fully saturated rings. The van der Waals surface area contributed by atoms with E-state index >= 15 is 0 Å². The molecule has 0 atom stereocenters. The van der Waals surface area contributed by atoms with Crippen molar-refractivity contribution in [2.75, 3.05) is 31.6 Å². The molecule has 3 rings (SSSR count). The molecule has 5 nitrogen and oxygen atoms in total. The van der Waals surface area contributed by atoms with E-state index in [1.54, 1.807) is 6.92 Å². The van der Waals surface area contributed by atoms with Crippen LogP contribution >= 0.6 is 0 Å². The van der Waals surface area contributed by atoms with Gasteiger partial charge in [-0.15, -0.1) is 0 Å². The smallest absolute Gasteiger partial charge is 0.277 e. The maximum Gasteiger partial charge on any atom is 0.277 e. The second kappa shape index (κ2) is 5.33. The highest BCUT2D eigenvalue weighted by Gasteiger charge is 2.26. The molecule has 0 spiro atoms. The molecule has 0 unspecified atom stereocenters. The van der Waals surface area contributed by atoms with Gasteiger partial charge in [-0.1, -0.05) is 6.07 Å². The molecule has 1 N–H and O–H groups in total. The number of aliphatic imine (C=N–C) groups is 1. The fourth-order valence-corrected chi connectivity index (χ4v) is 2.86. The number of carbonyl (C=O) groups is 1. The summed E-state index contributed by atoms with van der Waals surface area (Å²) in [5.41, 5.74) is 4.00. The summed E-state index contributed by atoms with van der Waals surface area (Å²) in [6.45, 7) is 3.05. The lowest BCUT2D eigenvalue weighted by Crippen LogP contribution is -2.32. The van der Waals surface area contributed by atoms with Gasteiger partial charge in [0.1, 0.15) is 11.5 Å². The minimum atomic E-state index is -0.140. The van der Waals surface area contributed by atoms with E-state index in [9.17, 15) is 4.79 Å². The van der Waals surface area contributed by atoms with E-state index in [2.05, 4.69) is 29.1 Å². The maximum absolute atomic E-state index is 12.2. The second-order valence-electron chi connectivity index (χ2n) is 5.43. The van der Waals surface area contributed by atoms with Crippen LogP contribution in [0.5, 0.6) is 0 Å². The first kappa shape index (κ1) is 13.8. The number of benzene rings is 1. The Hall–Kier alpha value is -2.14. The Morgan fingerprint density at radius 3 is 3.00 bits per heavy atom. The van der Waals surface area contributed by atoms with Crippen molar-refractivity contribution in [3.8, 4) is 0 Å². The number of hydrogen-bond donors (Lipinski definition) is 1. The van der Waals surface area contributed by atoms with Gasteiger partial charge in [-0.25, -0.2) is 4.99 Å². The number of fused-ring (bicyclic) bond motifs is 1. The van der Waals surface area contributed by atoms with Crippen molar-refractivity contribution in [1.82, 2.24) is 4.90 Å². The predicted molar refractivity (Wildman–Crippen MR) is 83.3 cm³/mol. The Labute approximate surface area is 124 Å². The van der Waals surface area contributed by atoms with Crippen LogP contribution in [-0.2, 0) is 11.2 Å². The number of rotatable bonds is 3. The minimum absolute atomic E-state index is 0.0585. The Kier molecular flexibility index (Phi) is 3.51. The van der Waals surface area contributed by atoms with E-state index in [4.69, 9.17) is 5.11 Å². The second-order valence-corrected chi connectivity index (χ2v) is 5.43. The molecule has 5 heteroatoms. The monoisotopic (exact) mass is 285 g/mol. The molecule has 0 aromatic heterocycles. The van der Waals surface area contributed by atoms with Crippen LogP contribution in [0.15, 0.2) is 28.9 Å². The largest absolute Gasteiger partial charge is 0.395 e. The van der Waals surface area contributed by atoms with Crippen LogP contribution in [0.1, 0.15) is 18.1 Å². The molecule has 2 aliphatic heterocycles. The van der Waals surface area contributed by atoms with Crippen LogP contribution in [-0.4, -0.2) is 48.5 Å². The molecule has 2 aliphatic rings. The molecule has 0 aliphatic carbocycles. The molecule has 0 radical (unpaired) electrons. The van der Waals surface area contributed by atoms with E-state index in [1.807, 2.05) is 12.1 Å². The molecule has 0 bridgehead atoms. The molecular formula is C16H19N3O2. The van der Waals surface area contributed by atoms with Crippen LogP contribution < -0.4 is 4.90 Å². The molecule has 110 valence electrons. The molecule has 0 saturated heterocycles. The number of amides is 1. The highest BCUT2D eigenvalue weighted by atomic mass is 16.3. The summed E-state index contributed by atoms with van der Waals surface area (Å²) in [5.74, 6) is 0.500. The normalized spacial score (nSPS) is 19.5. The van der Waals surface area contributed by atoms with Crippen molar-refractivity contribution in [2.45, 2.75) is 13.3 Å². The number of aliphatic hydroxyl groups is 1. The summed E-state index contributed by atoms with van der Waals surface area (Å²) in [6, 6.07) is 6.23. The van der Waals surface area contributed by atoms with Gasteiger partial charge in [-0.3, -0.25) is 9.69 Å². The van der Waals surface area contributed by atoms with Crippen LogP contribution in [0, 0.1) is 0 Å². The van der Waals surface area contributed by atoms with Crippen LogP contribution in [0.4, 0.5) is 5.69 Å². The van der Waals surface area contributed by atoms with E-state index in [-0.39, 0.29) is 12.5 Å². The number of hydrogen-bond acceptors (Lipinski definition) is 4. The fraction of sp³-hybridized carbons (Fsp3) is 0.375. The number of aliphatic hydroxyl groups excluding tert-OH is 1. The highest BCUT2D eigenvalue weighted by Crippen LogP contribution is 2.28. The molecule has 21 heavy (non-hydrogen) atoms. The van der Waals surface area contributed by atoms with Crippen LogP contribution in [0.3, 0.4) is 0 Å². The zero-order valence-corrected chi connectivity index (χ0v) is 12.3. The lowest BCUT2D eigenvalue weighted by Gasteiger charge is -2.13. The van der Waals surface area contributed by atoms with Crippen molar-refractivity contribution >= 4 is 23.5 Å². The number of carbonyl (C=O) groups excluding carboxylic acids is 1. The van der Waals surface area contributed by atoms with Gasteiger partial charge in [0.25, 0.3) is 5.91 Å². The Bertz CT molecular complexity index is 649. The highest BCUT2D eigenvalue weighted by molar-refractivity contribution is 6.13. The minimum Gasteiger partial charge on any atom is -0.395 e. The summed E-state index contributed by atoms with van der Waals surface area (Å²) in [6.07, 6.45) is 2.86. The Balaban J connectivity index is 1.88. The third kappa shape index (κ3) is 2.45. The summed E-state index contributed by atoms with van der Waals surface area (Å²) in [5, 5.41) is 9.00. The summed E-state index contributed by atoms with van der Waals surface area (Å²) < 4.78 is 0. The molecule has 2 heterocycles. The van der Waals surface area contributed by atoms with Gasteiger partial charge < -0.3 is 10.0 Å². The Morgan fingerprint density at radius 1 is 1.43 bits per heavy atom. The van der Waals surface area contributed by atoms with Gasteiger partial charge in [0.2, 0.25) is 0 Å². The topological polar surface area (TPSA) is 56.1 Å². The fourth-order valence-electron chi connectivity index (χ4n) is 2.86. The van der Waals surface area contributed by atoms with Gasteiger partial charge in [0, 0.05) is 19.3 Å². The first-order valence-electron chi connectivity index (χ1n) is 7.14. The number of β-amino-alcohol motifs (C(OH)–C–C–N with tert-alkyl or cyclic N) is 1. The standard InChI is InChI=1S/C16H19N3O2/c1-11-17-14(16(21)19(11)7-8-20)10-12-3-4-15-13(9-12)5-6-18(15)2/h3-4,9-10,20H,5-8H2,1-2H3/b14-10-. The first-order chi connectivity index (χ1) is 10.1. The number of anilines is 1. The lowest BCUT2D eigenvalue weighted by atomic mass is 10.1. The van der Waals surface area contributed by atoms with Crippen molar-refractivity contribution < 1.29 is 9.90 Å². The van der Waals surface area contributed by atoms with E-state index in [0.29, 0.717) is 18.1 Å². The summed E-state index contributed by atoms with van der Waals surface area (Å²) in [4.78, 5) is 20.3. The van der Waals surface area contributed by atoms with Crippen molar-refractivity contribution in [2.24, 2.45) is 4.99 Å². The molecule has 1 aromatic carbocycles. The van der Waals surface area contributed by atoms with Crippen molar-refractivity contribution in [1.29, 1.82) is 0 Å². The molecular weight excluding hydrogens is 266 g/mol. The third-order valence-electron chi connectivity index (χ3n) is 4.00. The third-order valence-corrected chi connectivity index (χ3v) is 4.00. The van der Waals surface area contributed by atoms with E-state index in [1.165, 1.54) is 16.2 Å². The van der Waals surface area contributed by atoms with Gasteiger partial charge >= 0.3 is 0 Å². The molecule has 1 amide bonds. The first-order valence-corrected chi connectivity index (χ1v) is 7.14. The van der Waals surface area contributed by atoms with Gasteiger partial charge in [-0.05, 0) is 42.7 Å². The number of amidine groups is 1. The number of nitrogens with zero attached hydrogens (tertiary/aromatic N) is 3. The average Bonchev–Trinajstić information content (AvgIpc) is 2.95. The summed E-state index contributed by atoms with van der Waals surface area (Å²) >= 11 is 0. The van der Waals surface area contributed by atoms with E-state index < -0.39 is 0 Å². The van der Waals surface area contributed by atoms with Crippen LogP contribution in [0.25, 0.3) is 6.08 Å². The SMILES string of the molecule is CC1=N/C(=C\c2ccc3c(c2)CCN3C)C(=O)N1CCO. The predicted octanol–water partition coefficient (Wildman–Crippen LogP) is 1.27. The van der Waals surface area contributed by atoms with Gasteiger partial charge in [-0.2, -0.15) is 0 Å². The van der Waals surface area contributed by atoms with Gasteiger partial charge in [0.15, 0.2) is 0 Å². The van der Waals surface area contributed by atoms with Gasteiger partial charge in [0.05, 0.1) is 13.2 Å². The number of likely N-dealkylation sites (N-methyl/N-ethyl adjacent to an activating group) is 1. The zero-order chi connectivity index (χ0) is 15.0.